The van der Waals surface area contributed by atoms with E-state index >= 15 is 0 Å². The molecule has 1 aliphatic heterocycles. The molecule has 15 heavy (non-hydrogen) atoms. The number of likely N-dealkylation sites (tertiary alicyclic amines) is 1. The van der Waals surface area contributed by atoms with Gasteiger partial charge in [-0.2, -0.15) is 0 Å². The zero-order chi connectivity index (χ0) is 11.3. The van der Waals surface area contributed by atoms with Crippen molar-refractivity contribution in [2.75, 3.05) is 6.54 Å². The van der Waals surface area contributed by atoms with Gasteiger partial charge in [0.2, 0.25) is 0 Å². The number of rotatable bonds is 1. The van der Waals surface area contributed by atoms with Gasteiger partial charge in [-0.1, -0.05) is 25.2 Å². The third-order valence-corrected chi connectivity index (χ3v) is 2.66. The van der Waals surface area contributed by atoms with Gasteiger partial charge in [0.05, 0.1) is 4.99 Å². The Hall–Kier alpha value is -1.23. The molecule has 0 aromatic heterocycles. The summed E-state index contributed by atoms with van der Waals surface area (Å²) in [6, 6.07) is -0.438. The maximum absolute atomic E-state index is 11.6. The molecule has 0 aliphatic carbocycles. The Kier molecular flexibility index (Phi) is 4.42. The van der Waals surface area contributed by atoms with Crippen molar-refractivity contribution < 1.29 is 9.59 Å². The van der Waals surface area contributed by atoms with Gasteiger partial charge in [-0.15, -0.1) is 0 Å². The average molecular weight is 226 g/mol. The van der Waals surface area contributed by atoms with Gasteiger partial charge < -0.3 is 0 Å². The van der Waals surface area contributed by atoms with E-state index in [2.05, 4.69) is 11.9 Å². The zero-order valence-electron chi connectivity index (χ0n) is 8.49. The lowest BCUT2D eigenvalue weighted by Gasteiger charge is -2.20. The molecule has 0 aromatic rings. The minimum Gasteiger partial charge on any atom is -0.288 e. The normalized spacial score (nSPS) is 16.8. The van der Waals surface area contributed by atoms with Crippen LogP contribution in [-0.2, 0) is 4.79 Å². The van der Waals surface area contributed by atoms with Gasteiger partial charge in [0.25, 0.3) is 5.91 Å². The number of hydrogen-bond acceptors (Lipinski definition) is 3. The number of nitrogens with zero attached hydrogens (tertiary/aromatic N) is 1. The van der Waals surface area contributed by atoms with Crippen LogP contribution in [0.1, 0.15) is 25.7 Å². The highest BCUT2D eigenvalue weighted by atomic mass is 32.1. The number of carbonyl (C=O) groups is 2. The number of hydrogen-bond donors (Lipinski definition) is 1. The molecule has 1 fully saturated rings. The highest BCUT2D eigenvalue weighted by Gasteiger charge is 2.20. The molecule has 0 bridgehead atoms. The molecule has 1 rings (SSSR count). The van der Waals surface area contributed by atoms with Gasteiger partial charge in [0.15, 0.2) is 0 Å². The van der Waals surface area contributed by atoms with Gasteiger partial charge in [0, 0.05) is 6.54 Å². The van der Waals surface area contributed by atoms with Crippen LogP contribution in [0.3, 0.4) is 0 Å². The fourth-order valence-corrected chi connectivity index (χ4v) is 1.74. The summed E-state index contributed by atoms with van der Waals surface area (Å²) in [6.45, 7) is 3.87. The Morgan fingerprint density at radius 3 is 2.80 bits per heavy atom. The molecule has 0 spiro atoms. The first-order valence-corrected chi connectivity index (χ1v) is 5.33. The smallest absolute Gasteiger partial charge is 0.288 e. The number of urea groups is 1. The molecule has 4 nitrogen and oxygen atoms in total. The molecule has 0 aromatic carbocycles. The third-order valence-electron chi connectivity index (χ3n) is 2.23. The van der Waals surface area contributed by atoms with Crippen molar-refractivity contribution in [1.82, 2.24) is 10.2 Å². The molecule has 1 N–H and O–H groups in total. The standard InChI is InChI=1S/C10H14N2O2S/c1-2-8(13)11-10(14)12-7-5-3-4-6-9(12)15/h2H,1,3-7H2,(H,11,13,14). The maximum Gasteiger partial charge on any atom is 0.329 e. The molecule has 3 amide bonds. The van der Waals surface area contributed by atoms with Gasteiger partial charge in [-0.25, -0.2) is 4.79 Å². The second-order valence-corrected chi connectivity index (χ2v) is 3.83. The minimum atomic E-state index is -0.493. The molecule has 0 radical (unpaired) electrons. The molecule has 1 aliphatic rings. The highest BCUT2D eigenvalue weighted by Crippen LogP contribution is 2.12. The van der Waals surface area contributed by atoms with Crippen molar-refractivity contribution in [3.05, 3.63) is 12.7 Å². The van der Waals surface area contributed by atoms with Crippen molar-refractivity contribution in [1.29, 1.82) is 0 Å². The van der Waals surface area contributed by atoms with E-state index in [0.29, 0.717) is 11.5 Å². The van der Waals surface area contributed by atoms with Gasteiger partial charge in [-0.05, 0) is 25.3 Å². The summed E-state index contributed by atoms with van der Waals surface area (Å²) in [5.41, 5.74) is 0. The zero-order valence-corrected chi connectivity index (χ0v) is 9.31. The van der Waals surface area contributed by atoms with E-state index in [1.807, 2.05) is 0 Å². The SMILES string of the molecule is C=CC(=O)NC(=O)N1CCCCCC1=S. The average Bonchev–Trinajstić information content (AvgIpc) is 2.42. The van der Waals surface area contributed by atoms with Gasteiger partial charge in [-0.3, -0.25) is 15.0 Å². The van der Waals surface area contributed by atoms with Crippen LogP contribution in [0.4, 0.5) is 4.79 Å². The largest absolute Gasteiger partial charge is 0.329 e. The molecule has 1 heterocycles. The molecule has 0 atom stereocenters. The first kappa shape index (κ1) is 11.8. The Bertz CT molecular complexity index is 302. The van der Waals surface area contributed by atoms with E-state index < -0.39 is 11.9 Å². The summed E-state index contributed by atoms with van der Waals surface area (Å²) >= 11 is 5.11. The van der Waals surface area contributed by atoms with Gasteiger partial charge in [0.1, 0.15) is 0 Å². The molecular formula is C10H14N2O2S. The predicted molar refractivity (Wildman–Crippen MR) is 61.5 cm³/mol. The van der Waals surface area contributed by atoms with Gasteiger partial charge >= 0.3 is 6.03 Å². The van der Waals surface area contributed by atoms with E-state index in [-0.39, 0.29) is 0 Å². The Morgan fingerprint density at radius 2 is 2.13 bits per heavy atom. The Morgan fingerprint density at radius 1 is 1.40 bits per heavy atom. The lowest BCUT2D eigenvalue weighted by atomic mass is 10.2. The second-order valence-electron chi connectivity index (χ2n) is 3.35. The van der Waals surface area contributed by atoms with Crippen LogP contribution in [0.25, 0.3) is 0 Å². The first-order chi connectivity index (χ1) is 7.15. The fraction of sp³-hybridized carbons (Fsp3) is 0.500. The van der Waals surface area contributed by atoms with E-state index in [4.69, 9.17) is 12.2 Å². The quantitative estimate of drug-likeness (QED) is 0.546. The third kappa shape index (κ3) is 3.43. The molecular weight excluding hydrogens is 212 g/mol. The maximum atomic E-state index is 11.6. The molecule has 1 saturated heterocycles. The summed E-state index contributed by atoms with van der Waals surface area (Å²) in [5, 5.41) is 2.20. The number of carbonyl (C=O) groups excluding carboxylic acids is 2. The van der Waals surface area contributed by atoms with Crippen LogP contribution < -0.4 is 5.32 Å². The fourth-order valence-electron chi connectivity index (χ4n) is 1.42. The van der Waals surface area contributed by atoms with E-state index in [1.165, 1.54) is 4.90 Å². The van der Waals surface area contributed by atoms with Crippen LogP contribution in [0, 0.1) is 0 Å². The topological polar surface area (TPSA) is 49.4 Å². The predicted octanol–water partition coefficient (Wildman–Crippen LogP) is 1.61. The number of amides is 3. The first-order valence-electron chi connectivity index (χ1n) is 4.93. The minimum absolute atomic E-state index is 0.438. The van der Waals surface area contributed by atoms with Crippen LogP contribution in [-0.4, -0.2) is 28.4 Å². The van der Waals surface area contributed by atoms with Crippen molar-refractivity contribution in [2.45, 2.75) is 25.7 Å². The monoisotopic (exact) mass is 226 g/mol. The van der Waals surface area contributed by atoms with Crippen LogP contribution in [0.5, 0.6) is 0 Å². The van der Waals surface area contributed by atoms with Crippen molar-refractivity contribution >= 4 is 29.1 Å². The summed E-state index contributed by atoms with van der Waals surface area (Å²) in [5.74, 6) is -0.493. The molecule has 82 valence electrons. The van der Waals surface area contributed by atoms with Crippen molar-refractivity contribution in [3.8, 4) is 0 Å². The summed E-state index contributed by atoms with van der Waals surface area (Å²) < 4.78 is 0. The lowest BCUT2D eigenvalue weighted by molar-refractivity contribution is -0.115. The van der Waals surface area contributed by atoms with Crippen LogP contribution >= 0.6 is 12.2 Å². The molecule has 0 unspecified atom stereocenters. The highest BCUT2D eigenvalue weighted by molar-refractivity contribution is 7.80. The lowest BCUT2D eigenvalue weighted by Crippen LogP contribution is -2.44. The number of imide groups is 1. The molecule has 0 saturated carbocycles. The van der Waals surface area contributed by atoms with Crippen molar-refractivity contribution in [3.63, 3.8) is 0 Å². The van der Waals surface area contributed by atoms with Crippen LogP contribution in [0.15, 0.2) is 12.7 Å². The summed E-state index contributed by atoms with van der Waals surface area (Å²) in [7, 11) is 0. The van der Waals surface area contributed by atoms with Crippen LogP contribution in [0.2, 0.25) is 0 Å². The summed E-state index contributed by atoms with van der Waals surface area (Å²) in [4.78, 5) is 24.6. The Balaban J connectivity index is 2.59. The Labute approximate surface area is 94.3 Å². The van der Waals surface area contributed by atoms with E-state index in [1.54, 1.807) is 0 Å². The number of thiocarbonyl (C=S) groups is 1. The summed E-state index contributed by atoms with van der Waals surface area (Å²) in [6.07, 6.45) is 4.82. The second kappa shape index (κ2) is 5.60. The van der Waals surface area contributed by atoms with E-state index in [0.717, 1.165) is 31.8 Å². The van der Waals surface area contributed by atoms with E-state index in [9.17, 15) is 9.59 Å². The molecule has 5 heteroatoms. The number of nitrogens with one attached hydrogen (secondary N) is 1. The van der Waals surface area contributed by atoms with Crippen molar-refractivity contribution in [2.24, 2.45) is 0 Å².